The minimum absolute atomic E-state index is 0. The monoisotopic (exact) mass is 197 g/mol. The van der Waals surface area contributed by atoms with Gasteiger partial charge in [0.15, 0.2) is 0 Å². The molecule has 0 spiro atoms. The predicted octanol–water partition coefficient (Wildman–Crippen LogP) is -4.12. The van der Waals surface area contributed by atoms with Gasteiger partial charge in [0, 0.05) is 12.1 Å². The first-order chi connectivity index (χ1) is 5.17. The van der Waals surface area contributed by atoms with Crippen molar-refractivity contribution in [1.82, 2.24) is 5.32 Å². The minimum Gasteiger partial charge on any atom is -0.549 e. The molecule has 0 atom stereocenters. The summed E-state index contributed by atoms with van der Waals surface area (Å²) in [6.45, 7) is 6.45. The topological polar surface area (TPSA) is 72.4 Å². The Kier molecular flexibility index (Phi) is 6.48. The van der Waals surface area contributed by atoms with Crippen molar-refractivity contribution in [3.8, 4) is 0 Å². The van der Waals surface area contributed by atoms with Crippen LogP contribution in [0.4, 0.5) is 0 Å². The Labute approximate surface area is 101 Å². The number of aliphatic carboxylic acids is 1. The van der Waals surface area contributed by atoms with Gasteiger partial charge in [0.25, 0.3) is 0 Å². The van der Waals surface area contributed by atoms with Gasteiger partial charge in [0.1, 0.15) is 0 Å². The number of carbonyl (C=O) groups excluding carboxylic acids is 1. The molecule has 72 valence electrons. The summed E-state index contributed by atoms with van der Waals surface area (Å²) in [6.07, 6.45) is 0. The van der Waals surface area contributed by atoms with Crippen molar-refractivity contribution in [3.63, 3.8) is 0 Å². The van der Waals surface area contributed by atoms with Gasteiger partial charge in [-0.1, -0.05) is 0 Å². The smallest absolute Gasteiger partial charge is 0.549 e. The molecule has 5 heteroatoms. The van der Waals surface area contributed by atoms with Gasteiger partial charge in [0.2, 0.25) is 0 Å². The van der Waals surface area contributed by atoms with Crippen LogP contribution >= 0.6 is 0 Å². The maximum absolute atomic E-state index is 10.1. The molecule has 0 unspecified atom stereocenters. The van der Waals surface area contributed by atoms with Crippen molar-refractivity contribution in [3.05, 3.63) is 0 Å². The summed E-state index contributed by atoms with van der Waals surface area (Å²) >= 11 is 0. The third-order valence-corrected chi connectivity index (χ3v) is 2.20. The van der Waals surface area contributed by atoms with E-state index in [-0.39, 0.29) is 36.1 Å². The molecule has 4 nitrogen and oxygen atoms in total. The summed E-state index contributed by atoms with van der Waals surface area (Å²) in [7, 11) is 0. The number of nitrogens with one attached hydrogen (secondary N) is 1. The Hall–Kier alpha value is 0.390. The van der Waals surface area contributed by atoms with Crippen molar-refractivity contribution in [1.29, 1.82) is 0 Å². The van der Waals surface area contributed by atoms with Crippen LogP contribution in [0, 0.1) is 0 Å². The molecule has 0 aromatic carbocycles. The zero-order valence-electron chi connectivity index (χ0n) is 8.97. The average molecular weight is 197 g/mol. The van der Waals surface area contributed by atoms with E-state index in [0.717, 1.165) is 0 Å². The summed E-state index contributed by atoms with van der Waals surface area (Å²) in [5.41, 5.74) is -1.62. The molecule has 0 aliphatic carbocycles. The fraction of sp³-hybridized carbons (Fsp3) is 0.875. The molecule has 0 fully saturated rings. The van der Waals surface area contributed by atoms with Gasteiger partial charge in [-0.15, -0.1) is 0 Å². The molecular formula is C8H16NNaO3. The molecule has 0 saturated carbocycles. The molecule has 0 heterocycles. The number of hydrogen-bond donors (Lipinski definition) is 2. The van der Waals surface area contributed by atoms with E-state index in [1.165, 1.54) is 0 Å². The van der Waals surface area contributed by atoms with Crippen LogP contribution in [0.2, 0.25) is 0 Å². The Morgan fingerprint density at radius 3 is 2.00 bits per heavy atom. The van der Waals surface area contributed by atoms with Gasteiger partial charge in [-0.3, -0.25) is 0 Å². The van der Waals surface area contributed by atoms with E-state index in [1.807, 2.05) is 0 Å². The van der Waals surface area contributed by atoms with Crippen molar-refractivity contribution < 1.29 is 44.6 Å². The van der Waals surface area contributed by atoms with E-state index in [4.69, 9.17) is 0 Å². The fourth-order valence-corrected chi connectivity index (χ4v) is 0.509. The van der Waals surface area contributed by atoms with Gasteiger partial charge in [-0.25, -0.2) is 0 Å². The molecule has 0 saturated heterocycles. The van der Waals surface area contributed by atoms with Gasteiger partial charge in [-0.05, 0) is 27.7 Å². The first-order valence-corrected chi connectivity index (χ1v) is 3.84. The predicted molar refractivity (Wildman–Crippen MR) is 43.4 cm³/mol. The quantitative estimate of drug-likeness (QED) is 0.449. The molecule has 13 heavy (non-hydrogen) atoms. The van der Waals surface area contributed by atoms with Crippen LogP contribution in [0.3, 0.4) is 0 Å². The van der Waals surface area contributed by atoms with E-state index >= 15 is 0 Å². The standard InChI is InChI=1S/C8H17NO3.Na/c1-7(2,8(3,4)12)9-5-6(10)11;/h9,12H,5H2,1-4H3,(H,10,11);/q;+1/p-1. The van der Waals surface area contributed by atoms with Crippen molar-refractivity contribution in [2.75, 3.05) is 6.54 Å². The van der Waals surface area contributed by atoms with E-state index in [1.54, 1.807) is 27.7 Å². The van der Waals surface area contributed by atoms with E-state index in [9.17, 15) is 15.0 Å². The van der Waals surface area contributed by atoms with Crippen LogP contribution in [0.1, 0.15) is 27.7 Å². The number of rotatable bonds is 4. The SMILES string of the molecule is CC(C)(O)C(C)(C)NCC(=O)[O-].[Na+]. The first-order valence-electron chi connectivity index (χ1n) is 3.84. The largest absolute Gasteiger partial charge is 1.00 e. The molecule has 0 bridgehead atoms. The van der Waals surface area contributed by atoms with E-state index < -0.39 is 17.1 Å². The summed E-state index contributed by atoms with van der Waals surface area (Å²) < 4.78 is 0. The van der Waals surface area contributed by atoms with Gasteiger partial charge >= 0.3 is 29.6 Å². The molecule has 0 aliphatic rings. The van der Waals surface area contributed by atoms with E-state index in [2.05, 4.69) is 5.32 Å². The summed E-state index contributed by atoms with van der Waals surface area (Å²) in [4.78, 5) is 10.1. The maximum atomic E-state index is 10.1. The maximum Gasteiger partial charge on any atom is 1.00 e. The zero-order chi connectivity index (χ0) is 9.99. The molecular weight excluding hydrogens is 181 g/mol. The molecule has 0 aromatic heterocycles. The number of aliphatic hydroxyl groups is 1. The Morgan fingerprint density at radius 1 is 1.38 bits per heavy atom. The van der Waals surface area contributed by atoms with Gasteiger partial charge < -0.3 is 20.3 Å². The van der Waals surface area contributed by atoms with Crippen molar-refractivity contribution in [2.24, 2.45) is 0 Å². The number of carboxylic acids is 1. The number of carbonyl (C=O) groups is 1. The molecule has 0 amide bonds. The third-order valence-electron chi connectivity index (χ3n) is 2.20. The van der Waals surface area contributed by atoms with E-state index in [0.29, 0.717) is 0 Å². The third kappa shape index (κ3) is 5.65. The fourth-order valence-electron chi connectivity index (χ4n) is 0.509. The molecule has 0 aromatic rings. The Bertz CT molecular complexity index is 175. The zero-order valence-corrected chi connectivity index (χ0v) is 11.0. The number of hydrogen-bond acceptors (Lipinski definition) is 4. The number of carboxylic acid groups (broad SMARTS) is 1. The van der Waals surface area contributed by atoms with Crippen LogP contribution in [-0.2, 0) is 4.79 Å². The summed E-state index contributed by atoms with van der Waals surface area (Å²) in [5.74, 6) is -1.17. The minimum atomic E-state index is -1.17. The van der Waals surface area contributed by atoms with Gasteiger partial charge in [-0.2, -0.15) is 0 Å². The normalized spacial score (nSPS) is 12.1. The second-order valence-corrected chi connectivity index (χ2v) is 3.91. The molecule has 0 rings (SSSR count). The second-order valence-electron chi connectivity index (χ2n) is 3.91. The van der Waals surface area contributed by atoms with Gasteiger partial charge in [0.05, 0.1) is 11.6 Å². The van der Waals surface area contributed by atoms with Crippen LogP contribution in [0.5, 0.6) is 0 Å². The first kappa shape index (κ1) is 15.8. The Morgan fingerprint density at radius 2 is 1.77 bits per heavy atom. The van der Waals surface area contributed by atoms with Crippen LogP contribution in [0.15, 0.2) is 0 Å². The summed E-state index contributed by atoms with van der Waals surface area (Å²) in [6, 6.07) is 0. The van der Waals surface area contributed by atoms with Crippen molar-refractivity contribution in [2.45, 2.75) is 38.8 Å². The van der Waals surface area contributed by atoms with Crippen LogP contribution in [-0.4, -0.2) is 28.8 Å². The molecule has 2 N–H and O–H groups in total. The van der Waals surface area contributed by atoms with Crippen LogP contribution in [0.25, 0.3) is 0 Å². The van der Waals surface area contributed by atoms with Crippen LogP contribution < -0.4 is 40.0 Å². The molecule has 0 radical (unpaired) electrons. The average Bonchev–Trinajstić information content (AvgIpc) is 1.81. The molecule has 0 aliphatic heterocycles. The Balaban J connectivity index is 0. The second kappa shape index (κ2) is 5.32. The van der Waals surface area contributed by atoms with Crippen molar-refractivity contribution >= 4 is 5.97 Å². The summed E-state index contributed by atoms with van der Waals surface area (Å²) in [5, 5.41) is 22.4.